The first-order valence-corrected chi connectivity index (χ1v) is 8.28. The van der Waals surface area contributed by atoms with Gasteiger partial charge in [-0.2, -0.15) is 0 Å². The molecule has 1 unspecified atom stereocenters. The molecule has 0 heterocycles. The van der Waals surface area contributed by atoms with Gasteiger partial charge in [0.05, 0.1) is 12.6 Å². The molecule has 4 heteroatoms. The lowest BCUT2D eigenvalue weighted by Crippen LogP contribution is -2.31. The molecule has 0 aliphatic heterocycles. The topological polar surface area (TPSA) is 33.3 Å². The number of thiocarbonyl (C=S) groups is 1. The van der Waals surface area contributed by atoms with Gasteiger partial charge in [-0.15, -0.1) is 0 Å². The molecule has 2 aromatic carbocycles. The minimum atomic E-state index is 0.121. The molecule has 3 nitrogen and oxygen atoms in total. The number of rotatable bonds is 5. The van der Waals surface area contributed by atoms with Crippen LogP contribution in [-0.2, 0) is 0 Å². The Kier molecular flexibility index (Phi) is 5.99. The molecule has 0 saturated carbocycles. The molecule has 0 amide bonds. The Balaban J connectivity index is 1.97. The quantitative estimate of drug-likeness (QED) is 0.776. The van der Waals surface area contributed by atoms with Crippen LogP contribution in [0.5, 0.6) is 5.75 Å². The van der Waals surface area contributed by atoms with Gasteiger partial charge in [0, 0.05) is 5.69 Å². The largest absolute Gasteiger partial charge is 0.494 e. The summed E-state index contributed by atoms with van der Waals surface area (Å²) in [5.74, 6) is 0.888. The highest BCUT2D eigenvalue weighted by atomic mass is 32.1. The molecule has 0 radical (unpaired) electrons. The smallest absolute Gasteiger partial charge is 0.171 e. The summed E-state index contributed by atoms with van der Waals surface area (Å²) in [6, 6.07) is 14.4. The highest BCUT2D eigenvalue weighted by molar-refractivity contribution is 7.80. The molecule has 2 aromatic rings. The number of nitrogens with one attached hydrogen (secondary N) is 2. The van der Waals surface area contributed by atoms with Crippen LogP contribution < -0.4 is 15.4 Å². The first kappa shape index (κ1) is 17.3. The van der Waals surface area contributed by atoms with Crippen molar-refractivity contribution in [3.63, 3.8) is 0 Å². The van der Waals surface area contributed by atoms with Crippen LogP contribution in [0, 0.1) is 13.8 Å². The predicted molar refractivity (Wildman–Crippen MR) is 101 cm³/mol. The molecule has 2 rings (SSSR count). The fraction of sp³-hybridized carbons (Fsp3) is 0.316. The van der Waals surface area contributed by atoms with Crippen LogP contribution in [0.2, 0.25) is 0 Å². The lowest BCUT2D eigenvalue weighted by atomic mass is 10.1. The van der Waals surface area contributed by atoms with Crippen molar-refractivity contribution in [1.29, 1.82) is 0 Å². The predicted octanol–water partition coefficient (Wildman–Crippen LogP) is 4.75. The average molecular weight is 328 g/mol. The van der Waals surface area contributed by atoms with E-state index in [-0.39, 0.29) is 6.04 Å². The van der Waals surface area contributed by atoms with E-state index in [1.54, 1.807) is 0 Å². The zero-order valence-corrected chi connectivity index (χ0v) is 15.0. The van der Waals surface area contributed by atoms with Crippen molar-refractivity contribution in [2.24, 2.45) is 0 Å². The SMILES string of the molecule is CCOc1ccc(C(C)NC(=S)Nc2cccc(C)c2C)cc1. The fourth-order valence-corrected chi connectivity index (χ4v) is 2.63. The molecule has 0 bridgehead atoms. The van der Waals surface area contributed by atoms with Crippen molar-refractivity contribution < 1.29 is 4.74 Å². The average Bonchev–Trinajstić information content (AvgIpc) is 2.53. The molecule has 0 aliphatic rings. The van der Waals surface area contributed by atoms with E-state index in [1.807, 2.05) is 31.2 Å². The molecule has 0 spiro atoms. The normalized spacial score (nSPS) is 11.7. The van der Waals surface area contributed by atoms with E-state index in [0.29, 0.717) is 11.7 Å². The fourth-order valence-electron chi connectivity index (χ4n) is 2.34. The Morgan fingerprint density at radius 1 is 1.13 bits per heavy atom. The third kappa shape index (κ3) is 4.70. The van der Waals surface area contributed by atoms with Gasteiger partial charge in [0.2, 0.25) is 0 Å². The van der Waals surface area contributed by atoms with Gasteiger partial charge in [0.15, 0.2) is 5.11 Å². The van der Waals surface area contributed by atoms with Gasteiger partial charge < -0.3 is 15.4 Å². The standard InChI is InChI=1S/C19H24N2OS/c1-5-22-17-11-9-16(10-12-17)15(4)20-19(23)21-18-8-6-7-13(2)14(18)3/h6-12,15H,5H2,1-4H3,(H2,20,21,23). The lowest BCUT2D eigenvalue weighted by Gasteiger charge is -2.19. The van der Waals surface area contributed by atoms with Crippen LogP contribution in [0.4, 0.5) is 5.69 Å². The molecule has 0 saturated heterocycles. The van der Waals surface area contributed by atoms with Crippen molar-refractivity contribution in [2.75, 3.05) is 11.9 Å². The summed E-state index contributed by atoms with van der Waals surface area (Å²) >= 11 is 5.44. The van der Waals surface area contributed by atoms with Crippen molar-refractivity contribution in [1.82, 2.24) is 5.32 Å². The van der Waals surface area contributed by atoms with Crippen LogP contribution in [0.1, 0.15) is 36.6 Å². The molecule has 0 fully saturated rings. The van der Waals surface area contributed by atoms with Crippen LogP contribution >= 0.6 is 12.2 Å². The number of hydrogen-bond donors (Lipinski definition) is 2. The Bertz CT molecular complexity index is 668. The maximum atomic E-state index is 5.47. The van der Waals surface area contributed by atoms with Gasteiger partial charge in [-0.3, -0.25) is 0 Å². The number of benzene rings is 2. The number of anilines is 1. The van der Waals surface area contributed by atoms with Crippen LogP contribution in [0.3, 0.4) is 0 Å². The van der Waals surface area contributed by atoms with E-state index < -0.39 is 0 Å². The minimum Gasteiger partial charge on any atom is -0.494 e. The zero-order valence-electron chi connectivity index (χ0n) is 14.1. The second-order valence-corrected chi connectivity index (χ2v) is 5.98. The summed E-state index contributed by atoms with van der Waals surface area (Å²) in [6.07, 6.45) is 0. The summed E-state index contributed by atoms with van der Waals surface area (Å²) in [6.45, 7) is 8.94. The molecule has 122 valence electrons. The maximum absolute atomic E-state index is 5.47. The molecule has 0 aromatic heterocycles. The van der Waals surface area contributed by atoms with Crippen LogP contribution in [0.15, 0.2) is 42.5 Å². The first-order chi connectivity index (χ1) is 11.0. The summed E-state index contributed by atoms with van der Waals surface area (Å²) in [4.78, 5) is 0. The highest BCUT2D eigenvalue weighted by Gasteiger charge is 2.09. The number of hydrogen-bond acceptors (Lipinski definition) is 2. The summed E-state index contributed by atoms with van der Waals surface area (Å²) in [5.41, 5.74) is 4.67. The zero-order chi connectivity index (χ0) is 16.8. The van der Waals surface area contributed by atoms with Gasteiger partial charge in [0.1, 0.15) is 5.75 Å². The maximum Gasteiger partial charge on any atom is 0.171 e. The van der Waals surface area contributed by atoms with E-state index in [2.05, 4.69) is 49.6 Å². The minimum absolute atomic E-state index is 0.121. The van der Waals surface area contributed by atoms with E-state index in [0.717, 1.165) is 11.4 Å². The summed E-state index contributed by atoms with van der Waals surface area (Å²) < 4.78 is 5.47. The Morgan fingerprint density at radius 2 is 1.83 bits per heavy atom. The van der Waals surface area contributed by atoms with E-state index in [9.17, 15) is 0 Å². The van der Waals surface area contributed by atoms with Crippen molar-refractivity contribution in [2.45, 2.75) is 33.7 Å². The molecular formula is C19H24N2OS. The van der Waals surface area contributed by atoms with Gasteiger partial charge in [0.25, 0.3) is 0 Å². The Labute approximate surface area is 144 Å². The Morgan fingerprint density at radius 3 is 2.48 bits per heavy atom. The van der Waals surface area contributed by atoms with E-state index in [1.165, 1.54) is 16.7 Å². The van der Waals surface area contributed by atoms with E-state index in [4.69, 9.17) is 17.0 Å². The molecule has 0 aliphatic carbocycles. The Hall–Kier alpha value is -2.07. The molecular weight excluding hydrogens is 304 g/mol. The van der Waals surface area contributed by atoms with Crippen LogP contribution in [-0.4, -0.2) is 11.7 Å². The van der Waals surface area contributed by atoms with Gasteiger partial charge in [-0.1, -0.05) is 24.3 Å². The lowest BCUT2D eigenvalue weighted by molar-refractivity contribution is 0.340. The third-order valence-corrected chi connectivity index (χ3v) is 4.11. The summed E-state index contributed by atoms with van der Waals surface area (Å²) in [5, 5.41) is 7.23. The molecule has 23 heavy (non-hydrogen) atoms. The molecule has 2 N–H and O–H groups in total. The van der Waals surface area contributed by atoms with Crippen LogP contribution in [0.25, 0.3) is 0 Å². The van der Waals surface area contributed by atoms with Crippen molar-refractivity contribution >= 4 is 23.0 Å². The molecule has 1 atom stereocenters. The number of ether oxygens (including phenoxy) is 1. The van der Waals surface area contributed by atoms with Gasteiger partial charge >= 0.3 is 0 Å². The second-order valence-electron chi connectivity index (χ2n) is 5.57. The third-order valence-electron chi connectivity index (χ3n) is 3.89. The van der Waals surface area contributed by atoms with Gasteiger partial charge in [-0.25, -0.2) is 0 Å². The summed E-state index contributed by atoms with van der Waals surface area (Å²) in [7, 11) is 0. The van der Waals surface area contributed by atoms with Gasteiger partial charge in [-0.05, 0) is 74.8 Å². The highest BCUT2D eigenvalue weighted by Crippen LogP contribution is 2.20. The van der Waals surface area contributed by atoms with Crippen molar-refractivity contribution in [3.8, 4) is 5.75 Å². The van der Waals surface area contributed by atoms with E-state index >= 15 is 0 Å². The monoisotopic (exact) mass is 328 g/mol. The first-order valence-electron chi connectivity index (χ1n) is 7.87. The number of aryl methyl sites for hydroxylation is 1. The van der Waals surface area contributed by atoms with Crippen molar-refractivity contribution in [3.05, 3.63) is 59.2 Å². The second kappa shape index (κ2) is 7.97.